The Morgan fingerprint density at radius 2 is 1.86 bits per heavy atom. The molecular formula is C15H16N2O4S+2. The van der Waals surface area contributed by atoms with Gasteiger partial charge in [0.15, 0.2) is 6.07 Å². The number of hydrogen-bond donors (Lipinski definition) is 0. The van der Waals surface area contributed by atoms with E-state index >= 15 is 0 Å². The zero-order valence-electron chi connectivity index (χ0n) is 12.4. The van der Waals surface area contributed by atoms with Crippen LogP contribution in [0.1, 0.15) is 28.9 Å². The minimum absolute atomic E-state index is 0.212. The summed E-state index contributed by atoms with van der Waals surface area (Å²) in [4.78, 5) is 19.0. The highest BCUT2D eigenvalue weighted by Gasteiger charge is 2.32. The maximum Gasteiger partial charge on any atom is 0.489 e. The molecule has 3 rings (SSSR count). The first-order valence-corrected chi connectivity index (χ1v) is 7.53. The van der Waals surface area contributed by atoms with Crippen molar-refractivity contribution < 1.29 is 29.0 Å². The average molecular weight is 320 g/mol. The lowest BCUT2D eigenvalue weighted by Gasteiger charge is -2.02. The van der Waals surface area contributed by atoms with Crippen molar-refractivity contribution in [2.45, 2.75) is 23.1 Å². The minimum Gasteiger partial charge on any atom is -0.454 e. The van der Waals surface area contributed by atoms with Crippen LogP contribution < -0.4 is 19.4 Å². The topological polar surface area (TPSA) is 73.0 Å². The Morgan fingerprint density at radius 3 is 2.50 bits per heavy atom. The molecule has 1 aliphatic heterocycles. The van der Waals surface area contributed by atoms with Gasteiger partial charge in [-0.1, -0.05) is 12.1 Å². The van der Waals surface area contributed by atoms with Crippen molar-refractivity contribution in [1.82, 2.24) is 0 Å². The molecule has 0 saturated heterocycles. The zero-order valence-corrected chi connectivity index (χ0v) is 13.2. The number of methoxy groups -OCH3 is 2. The standard InChI is InChI=1S/C15H14N2O4S/c1-8-9-5-4-6-10(13(9)14(18)21-8)22-15-16-11(19-2)7-12(17-15)20-3/h4-8H,1-3H3/p+2. The van der Waals surface area contributed by atoms with Gasteiger partial charge in [0.1, 0.15) is 6.10 Å². The molecule has 6 nitrogen and oxygen atoms in total. The Labute approximate surface area is 131 Å². The maximum atomic E-state index is 12.0. The van der Waals surface area contributed by atoms with Gasteiger partial charge in [-0.05, 0) is 13.0 Å². The predicted molar refractivity (Wildman–Crippen MR) is 77.1 cm³/mol. The van der Waals surface area contributed by atoms with Crippen LogP contribution in [0.3, 0.4) is 0 Å². The Balaban J connectivity index is 2.00. The summed E-state index contributed by atoms with van der Waals surface area (Å²) in [6, 6.07) is 7.41. The van der Waals surface area contributed by atoms with Gasteiger partial charge in [-0.2, -0.15) is 0 Å². The third kappa shape index (κ3) is 2.59. The van der Waals surface area contributed by atoms with Crippen LogP contribution in [0.15, 0.2) is 34.3 Å². The molecule has 2 N–H and O–H groups in total. The smallest absolute Gasteiger partial charge is 0.454 e. The van der Waals surface area contributed by atoms with E-state index in [2.05, 4.69) is 9.97 Å². The van der Waals surface area contributed by atoms with Gasteiger partial charge in [0, 0.05) is 10.5 Å². The molecule has 0 radical (unpaired) electrons. The highest BCUT2D eigenvalue weighted by atomic mass is 32.2. The van der Waals surface area contributed by atoms with Crippen LogP contribution in [0.25, 0.3) is 0 Å². The SMILES string of the molecule is COc1cc(OC)[nH+]c(Sc2cccc3c2C(=O)OC3C)[nH+]1. The van der Waals surface area contributed by atoms with E-state index in [4.69, 9.17) is 14.2 Å². The highest BCUT2D eigenvalue weighted by molar-refractivity contribution is 7.99. The third-order valence-corrected chi connectivity index (χ3v) is 4.34. The molecule has 1 unspecified atom stereocenters. The number of aromatic nitrogens is 2. The van der Waals surface area contributed by atoms with Gasteiger partial charge in [0.05, 0.1) is 31.5 Å². The zero-order chi connectivity index (χ0) is 15.7. The fourth-order valence-corrected chi connectivity index (χ4v) is 3.27. The Kier molecular flexibility index (Phi) is 3.89. The van der Waals surface area contributed by atoms with Gasteiger partial charge in [-0.3, -0.25) is 0 Å². The van der Waals surface area contributed by atoms with Crippen LogP contribution in [-0.2, 0) is 4.74 Å². The van der Waals surface area contributed by atoms with Crippen molar-refractivity contribution in [3.8, 4) is 11.8 Å². The number of aromatic amines is 2. The molecule has 0 spiro atoms. The second-order valence-corrected chi connectivity index (χ2v) is 5.78. The molecule has 1 aromatic heterocycles. The monoisotopic (exact) mass is 320 g/mol. The molecule has 2 aromatic rings. The van der Waals surface area contributed by atoms with Crippen LogP contribution in [0, 0.1) is 0 Å². The van der Waals surface area contributed by atoms with Crippen LogP contribution in [-0.4, -0.2) is 20.2 Å². The van der Waals surface area contributed by atoms with E-state index < -0.39 is 0 Å². The first kappa shape index (κ1) is 14.6. The van der Waals surface area contributed by atoms with Gasteiger partial charge < -0.3 is 14.2 Å². The van der Waals surface area contributed by atoms with Crippen molar-refractivity contribution in [3.05, 3.63) is 35.4 Å². The summed E-state index contributed by atoms with van der Waals surface area (Å²) in [5, 5.41) is 0.692. The van der Waals surface area contributed by atoms with Crippen molar-refractivity contribution in [1.29, 1.82) is 0 Å². The van der Waals surface area contributed by atoms with E-state index in [-0.39, 0.29) is 12.1 Å². The van der Waals surface area contributed by atoms with Gasteiger partial charge >= 0.3 is 22.9 Å². The molecule has 0 fully saturated rings. The van der Waals surface area contributed by atoms with Crippen LogP contribution >= 0.6 is 11.8 Å². The Morgan fingerprint density at radius 1 is 1.18 bits per heavy atom. The van der Waals surface area contributed by atoms with E-state index in [1.165, 1.54) is 11.8 Å². The molecule has 22 heavy (non-hydrogen) atoms. The number of cyclic esters (lactones) is 1. The second-order valence-electron chi connectivity index (χ2n) is 4.73. The molecule has 7 heteroatoms. The minimum atomic E-state index is -0.291. The highest BCUT2D eigenvalue weighted by Crippen LogP contribution is 2.37. The number of carbonyl (C=O) groups excluding carboxylic acids is 1. The van der Waals surface area contributed by atoms with E-state index in [9.17, 15) is 4.79 Å². The average Bonchev–Trinajstić information content (AvgIpc) is 2.82. The number of benzene rings is 1. The number of carbonyl (C=O) groups is 1. The van der Waals surface area contributed by atoms with E-state index in [0.717, 1.165) is 10.5 Å². The normalized spacial score (nSPS) is 16.1. The predicted octanol–water partition coefficient (Wildman–Crippen LogP) is 1.71. The Bertz CT molecular complexity index is 713. The third-order valence-electron chi connectivity index (χ3n) is 3.37. The van der Waals surface area contributed by atoms with Gasteiger partial charge in [0.2, 0.25) is 0 Å². The number of hydrogen-bond acceptors (Lipinski definition) is 5. The van der Waals surface area contributed by atoms with Gasteiger partial charge in [-0.25, -0.2) is 4.79 Å². The molecular weight excluding hydrogens is 304 g/mol. The number of esters is 1. The molecule has 1 aliphatic rings. The summed E-state index contributed by atoms with van der Waals surface area (Å²) in [5.41, 5.74) is 1.52. The van der Waals surface area contributed by atoms with Crippen molar-refractivity contribution in [2.24, 2.45) is 0 Å². The summed E-state index contributed by atoms with van der Waals surface area (Å²) >= 11 is 1.39. The molecule has 0 aliphatic carbocycles. The lowest BCUT2D eigenvalue weighted by atomic mass is 10.1. The first-order valence-electron chi connectivity index (χ1n) is 6.71. The molecule has 0 saturated carbocycles. The fourth-order valence-electron chi connectivity index (χ4n) is 2.30. The van der Waals surface area contributed by atoms with Crippen LogP contribution in [0.2, 0.25) is 0 Å². The van der Waals surface area contributed by atoms with Crippen LogP contribution in [0.5, 0.6) is 11.8 Å². The first-order chi connectivity index (χ1) is 10.6. The van der Waals surface area contributed by atoms with Crippen molar-refractivity contribution in [3.63, 3.8) is 0 Å². The van der Waals surface area contributed by atoms with Crippen molar-refractivity contribution >= 4 is 17.7 Å². The molecule has 0 bridgehead atoms. The van der Waals surface area contributed by atoms with Gasteiger partial charge in [0.25, 0.3) is 0 Å². The second kappa shape index (κ2) is 5.84. The van der Waals surface area contributed by atoms with E-state index in [0.29, 0.717) is 22.5 Å². The fraction of sp³-hybridized carbons (Fsp3) is 0.267. The van der Waals surface area contributed by atoms with Crippen LogP contribution in [0.4, 0.5) is 0 Å². The number of fused-ring (bicyclic) bond motifs is 1. The lowest BCUT2D eigenvalue weighted by molar-refractivity contribution is -0.613. The quantitative estimate of drug-likeness (QED) is 0.633. The number of nitrogens with one attached hydrogen (secondary N) is 2. The summed E-state index contributed by atoms with van der Waals surface area (Å²) < 4.78 is 15.7. The number of ether oxygens (including phenoxy) is 3. The summed E-state index contributed by atoms with van der Waals surface area (Å²) in [5.74, 6) is 0.823. The lowest BCUT2D eigenvalue weighted by Crippen LogP contribution is -2.24. The van der Waals surface area contributed by atoms with E-state index in [1.807, 2.05) is 25.1 Å². The largest absolute Gasteiger partial charge is 0.489 e. The van der Waals surface area contributed by atoms with Gasteiger partial charge in [-0.15, -0.1) is 9.97 Å². The van der Waals surface area contributed by atoms with E-state index in [1.54, 1.807) is 20.3 Å². The molecule has 1 aromatic carbocycles. The maximum absolute atomic E-state index is 12.0. The summed E-state index contributed by atoms with van der Waals surface area (Å²) in [6.45, 7) is 1.87. The summed E-state index contributed by atoms with van der Waals surface area (Å²) in [6.07, 6.45) is -0.212. The number of H-pyrrole nitrogens is 2. The molecule has 114 valence electrons. The summed E-state index contributed by atoms with van der Waals surface area (Å²) in [7, 11) is 3.14. The Hall–Kier alpha value is -2.28. The number of rotatable bonds is 4. The molecule has 1 atom stereocenters. The molecule has 0 amide bonds. The van der Waals surface area contributed by atoms with Crippen molar-refractivity contribution in [2.75, 3.05) is 14.2 Å². The molecule has 2 heterocycles.